The van der Waals surface area contributed by atoms with Crippen LogP contribution in [-0.4, -0.2) is 30.4 Å². The van der Waals surface area contributed by atoms with Gasteiger partial charge in [-0.25, -0.2) is 0 Å². The van der Waals surface area contributed by atoms with Crippen molar-refractivity contribution in [1.82, 2.24) is 0 Å². The average Bonchev–Trinajstić information content (AvgIpc) is 2.34. The van der Waals surface area contributed by atoms with E-state index in [4.69, 9.17) is 14.6 Å². The van der Waals surface area contributed by atoms with Crippen molar-refractivity contribution < 1.29 is 24.5 Å². The van der Waals surface area contributed by atoms with Gasteiger partial charge in [0.1, 0.15) is 5.75 Å². The number of hydrogen-bond donors (Lipinski definition) is 2. The molecule has 5 nitrogen and oxygen atoms in total. The number of aliphatic carboxylic acids is 1. The predicted octanol–water partition coefficient (Wildman–Crippen LogP) is 2.44. The topological polar surface area (TPSA) is 76.0 Å². The number of rotatable bonds is 5. The lowest BCUT2D eigenvalue weighted by molar-refractivity contribution is -0.141. The Kier molecular flexibility index (Phi) is 4.84. The maximum Gasteiger partial charge on any atom is 0.306 e. The largest absolute Gasteiger partial charge is 0.506 e. The van der Waals surface area contributed by atoms with Gasteiger partial charge in [0, 0.05) is 11.6 Å². The Hall–Kier alpha value is -1.43. The van der Waals surface area contributed by atoms with E-state index in [9.17, 15) is 9.90 Å². The highest BCUT2D eigenvalue weighted by molar-refractivity contribution is 9.10. The van der Waals surface area contributed by atoms with Gasteiger partial charge in [-0.15, -0.1) is 0 Å². The van der Waals surface area contributed by atoms with Crippen molar-refractivity contribution in [3.63, 3.8) is 0 Å². The molecule has 0 aliphatic carbocycles. The average molecular weight is 319 g/mol. The maximum atomic E-state index is 10.9. The molecular weight excluding hydrogens is 304 g/mol. The van der Waals surface area contributed by atoms with Crippen LogP contribution >= 0.6 is 15.9 Å². The molecule has 0 fully saturated rings. The van der Waals surface area contributed by atoms with Gasteiger partial charge in [0.25, 0.3) is 0 Å². The number of carbonyl (C=O) groups is 1. The van der Waals surface area contributed by atoms with Crippen molar-refractivity contribution >= 4 is 21.9 Å². The molecule has 1 aromatic rings. The van der Waals surface area contributed by atoms with Gasteiger partial charge in [0.15, 0.2) is 11.5 Å². The van der Waals surface area contributed by atoms with Crippen LogP contribution in [0.25, 0.3) is 0 Å². The summed E-state index contributed by atoms with van der Waals surface area (Å²) in [5, 5.41) is 18.9. The van der Waals surface area contributed by atoms with Crippen LogP contribution in [0.1, 0.15) is 12.5 Å². The molecule has 1 unspecified atom stereocenters. The van der Waals surface area contributed by atoms with Gasteiger partial charge in [-0.05, 0) is 22.4 Å². The molecule has 1 atom stereocenters. The summed E-state index contributed by atoms with van der Waals surface area (Å²) in [6.45, 7) is 1.56. The van der Waals surface area contributed by atoms with Crippen LogP contribution in [0.5, 0.6) is 17.2 Å². The van der Waals surface area contributed by atoms with Gasteiger partial charge in [-0.3, -0.25) is 4.79 Å². The minimum Gasteiger partial charge on any atom is -0.506 e. The van der Waals surface area contributed by atoms with Crippen LogP contribution in [0.15, 0.2) is 10.5 Å². The third kappa shape index (κ3) is 2.87. The highest BCUT2D eigenvalue weighted by Gasteiger charge is 2.22. The molecule has 0 aliphatic rings. The number of carboxylic acids is 1. The molecule has 100 valence electrons. The molecule has 6 heteroatoms. The first kappa shape index (κ1) is 14.6. The van der Waals surface area contributed by atoms with E-state index < -0.39 is 11.9 Å². The molecule has 0 bridgehead atoms. The molecule has 0 amide bonds. The summed E-state index contributed by atoms with van der Waals surface area (Å²) in [7, 11) is 2.92. The van der Waals surface area contributed by atoms with E-state index in [1.165, 1.54) is 14.2 Å². The lowest BCUT2D eigenvalue weighted by atomic mass is 9.99. The molecule has 2 N–H and O–H groups in total. The Bertz CT molecular complexity index is 458. The third-order valence-electron chi connectivity index (χ3n) is 2.62. The standard InChI is InChI=1S/C12H15BrO5/c1-6(12(15)16)4-7-10(14)8(13)5-9(17-2)11(7)18-3/h5-6,14H,4H2,1-3H3,(H,15,16). The van der Waals surface area contributed by atoms with Gasteiger partial charge in [0.05, 0.1) is 24.6 Å². The molecular formula is C12H15BrO5. The maximum absolute atomic E-state index is 10.9. The van der Waals surface area contributed by atoms with Crippen molar-refractivity contribution in [3.8, 4) is 17.2 Å². The summed E-state index contributed by atoms with van der Waals surface area (Å²) < 4.78 is 10.8. The van der Waals surface area contributed by atoms with Crippen LogP contribution in [0.3, 0.4) is 0 Å². The van der Waals surface area contributed by atoms with E-state index in [2.05, 4.69) is 15.9 Å². The number of ether oxygens (including phenoxy) is 2. The lowest BCUT2D eigenvalue weighted by Gasteiger charge is -2.17. The van der Waals surface area contributed by atoms with E-state index in [1.807, 2.05) is 0 Å². The van der Waals surface area contributed by atoms with Crippen LogP contribution in [0, 0.1) is 5.92 Å². The Morgan fingerprint density at radius 3 is 2.50 bits per heavy atom. The number of phenols is 1. The molecule has 0 aliphatic heterocycles. The monoisotopic (exact) mass is 318 g/mol. The number of benzene rings is 1. The van der Waals surface area contributed by atoms with E-state index in [1.54, 1.807) is 13.0 Å². The second kappa shape index (κ2) is 5.95. The van der Waals surface area contributed by atoms with Crippen molar-refractivity contribution in [2.45, 2.75) is 13.3 Å². The summed E-state index contributed by atoms with van der Waals surface area (Å²) >= 11 is 3.20. The highest BCUT2D eigenvalue weighted by Crippen LogP contribution is 2.43. The quantitative estimate of drug-likeness (QED) is 0.872. The van der Waals surface area contributed by atoms with Crippen molar-refractivity contribution in [2.24, 2.45) is 5.92 Å². The fourth-order valence-electron chi connectivity index (χ4n) is 1.61. The fourth-order valence-corrected chi connectivity index (χ4v) is 2.05. The molecule has 0 heterocycles. The summed E-state index contributed by atoms with van der Waals surface area (Å²) in [6.07, 6.45) is 0.153. The minimum absolute atomic E-state index is 0.0271. The number of halogens is 1. The molecule has 18 heavy (non-hydrogen) atoms. The van der Waals surface area contributed by atoms with Crippen LogP contribution < -0.4 is 9.47 Å². The summed E-state index contributed by atoms with van der Waals surface area (Å²) in [5.41, 5.74) is 0.415. The SMILES string of the molecule is COc1cc(Br)c(O)c(CC(C)C(=O)O)c1OC. The second-order valence-electron chi connectivity index (χ2n) is 3.86. The zero-order valence-corrected chi connectivity index (χ0v) is 11.9. The first-order chi connectivity index (χ1) is 8.42. The first-order valence-corrected chi connectivity index (χ1v) is 6.06. The third-order valence-corrected chi connectivity index (χ3v) is 3.23. The summed E-state index contributed by atoms with van der Waals surface area (Å²) in [4.78, 5) is 10.9. The van der Waals surface area contributed by atoms with E-state index in [-0.39, 0.29) is 12.2 Å². The van der Waals surface area contributed by atoms with Gasteiger partial charge in [-0.1, -0.05) is 6.92 Å². The van der Waals surface area contributed by atoms with Gasteiger partial charge >= 0.3 is 5.97 Å². The Labute approximate surface area is 113 Å². The Balaban J connectivity index is 3.30. The van der Waals surface area contributed by atoms with Crippen LogP contribution in [0.4, 0.5) is 0 Å². The van der Waals surface area contributed by atoms with Gasteiger partial charge in [-0.2, -0.15) is 0 Å². The second-order valence-corrected chi connectivity index (χ2v) is 4.72. The molecule has 0 aromatic heterocycles. The zero-order chi connectivity index (χ0) is 13.9. The van der Waals surface area contributed by atoms with E-state index >= 15 is 0 Å². The van der Waals surface area contributed by atoms with E-state index in [0.29, 0.717) is 21.5 Å². The number of phenolic OH excluding ortho intramolecular Hbond substituents is 1. The van der Waals surface area contributed by atoms with Crippen molar-refractivity contribution in [2.75, 3.05) is 14.2 Å². The first-order valence-electron chi connectivity index (χ1n) is 5.27. The van der Waals surface area contributed by atoms with Gasteiger partial charge < -0.3 is 19.7 Å². The Morgan fingerprint density at radius 1 is 1.44 bits per heavy atom. The lowest BCUT2D eigenvalue weighted by Crippen LogP contribution is -2.13. The number of aromatic hydroxyl groups is 1. The van der Waals surface area contributed by atoms with Gasteiger partial charge in [0.2, 0.25) is 0 Å². The molecule has 1 aromatic carbocycles. The fraction of sp³-hybridized carbons (Fsp3) is 0.417. The molecule has 0 saturated heterocycles. The highest BCUT2D eigenvalue weighted by atomic mass is 79.9. The summed E-state index contributed by atoms with van der Waals surface area (Å²) in [5.74, 6) is -0.805. The molecule has 0 radical (unpaired) electrons. The predicted molar refractivity (Wildman–Crippen MR) is 69.4 cm³/mol. The normalized spacial score (nSPS) is 12.0. The van der Waals surface area contributed by atoms with Crippen molar-refractivity contribution in [1.29, 1.82) is 0 Å². The molecule has 1 rings (SSSR count). The minimum atomic E-state index is -0.935. The number of methoxy groups -OCH3 is 2. The zero-order valence-electron chi connectivity index (χ0n) is 10.4. The van der Waals surface area contributed by atoms with E-state index in [0.717, 1.165) is 0 Å². The smallest absolute Gasteiger partial charge is 0.306 e. The number of hydrogen-bond acceptors (Lipinski definition) is 4. The number of carboxylic acid groups (broad SMARTS) is 1. The molecule has 0 spiro atoms. The van der Waals surface area contributed by atoms with Crippen molar-refractivity contribution in [3.05, 3.63) is 16.1 Å². The van der Waals surface area contributed by atoms with Crippen LogP contribution in [0.2, 0.25) is 0 Å². The van der Waals surface area contributed by atoms with Crippen LogP contribution in [-0.2, 0) is 11.2 Å². The Morgan fingerprint density at radius 2 is 2.06 bits per heavy atom. The summed E-state index contributed by atoms with van der Waals surface area (Å²) in [6, 6.07) is 1.57. The molecule has 0 saturated carbocycles.